The summed E-state index contributed by atoms with van der Waals surface area (Å²) in [5, 5.41) is 0. The van der Waals surface area contributed by atoms with E-state index in [-0.39, 0.29) is 0 Å². The van der Waals surface area contributed by atoms with Crippen molar-refractivity contribution < 1.29 is 4.74 Å². The van der Waals surface area contributed by atoms with Crippen LogP contribution in [0.1, 0.15) is 19.8 Å². The average Bonchev–Trinajstić information content (AvgIpc) is 1.81. The van der Waals surface area contributed by atoms with E-state index in [1.54, 1.807) is 0 Å². The quantitative estimate of drug-likeness (QED) is 0.424. The molecule has 0 atom stereocenters. The fourth-order valence-electron chi connectivity index (χ4n) is 0.332. The highest BCUT2D eigenvalue weighted by atomic mass is 35.5. The summed E-state index contributed by atoms with van der Waals surface area (Å²) >= 11 is 5.17. The highest BCUT2D eigenvalue weighted by molar-refractivity contribution is 6.25. The molecule has 2 heteroatoms. The third-order valence-corrected chi connectivity index (χ3v) is 0.866. The summed E-state index contributed by atoms with van der Waals surface area (Å²) in [4.78, 5) is 0. The molecule has 0 spiro atoms. The van der Waals surface area contributed by atoms with E-state index in [4.69, 9.17) is 16.3 Å². The van der Waals surface area contributed by atoms with Gasteiger partial charge in [0, 0.05) is 5.54 Å². The van der Waals surface area contributed by atoms with Crippen molar-refractivity contribution in [3.05, 3.63) is 11.8 Å². The minimum atomic E-state index is 0.778. The van der Waals surface area contributed by atoms with Gasteiger partial charge in [0.25, 0.3) is 0 Å². The number of halogens is 1. The lowest BCUT2D eigenvalue weighted by atomic mass is 10.4. The highest BCUT2D eigenvalue weighted by Gasteiger charge is 1.77. The number of unbranched alkanes of at least 4 members (excludes halogenated alkanes) is 1. The lowest BCUT2D eigenvalue weighted by Crippen LogP contribution is -1.83. The van der Waals surface area contributed by atoms with Gasteiger partial charge in [-0.05, 0) is 6.42 Å². The van der Waals surface area contributed by atoms with Crippen LogP contribution in [0.3, 0.4) is 0 Å². The molecule has 0 aromatic carbocycles. The van der Waals surface area contributed by atoms with Crippen molar-refractivity contribution in [3.63, 3.8) is 0 Å². The van der Waals surface area contributed by atoms with Gasteiger partial charge in [-0.2, -0.15) is 0 Å². The number of hydrogen-bond acceptors (Lipinski definition) is 1. The summed E-state index contributed by atoms with van der Waals surface area (Å²) in [6, 6.07) is 0. The SMILES string of the molecule is CCCCOC=CCl. The summed E-state index contributed by atoms with van der Waals surface area (Å²) < 4.78 is 4.91. The van der Waals surface area contributed by atoms with Crippen molar-refractivity contribution in [2.45, 2.75) is 19.8 Å². The Hall–Kier alpha value is -0.170. The second-order valence-corrected chi connectivity index (χ2v) is 1.74. The molecule has 0 radical (unpaired) electrons. The maximum Gasteiger partial charge on any atom is 0.0941 e. The van der Waals surface area contributed by atoms with E-state index in [0.717, 1.165) is 19.4 Å². The van der Waals surface area contributed by atoms with Gasteiger partial charge in [-0.3, -0.25) is 0 Å². The standard InChI is InChI=1S/C6H11ClO/c1-2-3-5-8-6-4-7/h4,6H,2-3,5H2,1H3. The Kier molecular flexibility index (Phi) is 6.68. The predicted molar refractivity (Wildman–Crippen MR) is 35.9 cm³/mol. The molecule has 0 aliphatic heterocycles. The Balaban J connectivity index is 2.72. The molecule has 0 saturated heterocycles. The Morgan fingerprint density at radius 1 is 1.62 bits per heavy atom. The Bertz CT molecular complexity index is 61.5. The summed E-state index contributed by atoms with van der Waals surface area (Å²) in [6.45, 7) is 2.90. The Labute approximate surface area is 55.3 Å². The van der Waals surface area contributed by atoms with E-state index >= 15 is 0 Å². The first-order chi connectivity index (χ1) is 3.91. The molecule has 0 amide bonds. The number of rotatable bonds is 4. The molecular weight excluding hydrogens is 124 g/mol. The van der Waals surface area contributed by atoms with Crippen LogP contribution in [0.5, 0.6) is 0 Å². The van der Waals surface area contributed by atoms with Crippen LogP contribution in [-0.4, -0.2) is 6.61 Å². The molecule has 0 N–H and O–H groups in total. The van der Waals surface area contributed by atoms with Crippen LogP contribution in [-0.2, 0) is 4.74 Å². The van der Waals surface area contributed by atoms with Crippen LogP contribution < -0.4 is 0 Å². The predicted octanol–water partition coefficient (Wildman–Crippen LogP) is 2.51. The summed E-state index contributed by atoms with van der Waals surface area (Å²) in [5.41, 5.74) is 1.37. The van der Waals surface area contributed by atoms with Crippen LogP contribution >= 0.6 is 11.6 Å². The van der Waals surface area contributed by atoms with Crippen LogP contribution in [0.15, 0.2) is 11.8 Å². The van der Waals surface area contributed by atoms with Gasteiger partial charge < -0.3 is 4.74 Å². The van der Waals surface area contributed by atoms with Crippen LogP contribution in [0, 0.1) is 0 Å². The van der Waals surface area contributed by atoms with Crippen molar-refractivity contribution >= 4 is 11.6 Å². The molecule has 48 valence electrons. The van der Waals surface area contributed by atoms with Crippen molar-refractivity contribution in [1.82, 2.24) is 0 Å². The molecule has 0 aliphatic carbocycles. The van der Waals surface area contributed by atoms with Crippen LogP contribution in [0.4, 0.5) is 0 Å². The number of ether oxygens (including phenoxy) is 1. The average molecular weight is 135 g/mol. The van der Waals surface area contributed by atoms with Crippen molar-refractivity contribution in [1.29, 1.82) is 0 Å². The van der Waals surface area contributed by atoms with Gasteiger partial charge >= 0.3 is 0 Å². The van der Waals surface area contributed by atoms with Gasteiger partial charge in [0.1, 0.15) is 0 Å². The normalized spacial score (nSPS) is 10.2. The zero-order valence-corrected chi connectivity index (χ0v) is 5.82. The summed E-state index contributed by atoms with van der Waals surface area (Å²) in [5.74, 6) is 0. The minimum absolute atomic E-state index is 0.778. The van der Waals surface area contributed by atoms with E-state index in [1.165, 1.54) is 11.8 Å². The highest BCUT2D eigenvalue weighted by Crippen LogP contribution is 1.88. The van der Waals surface area contributed by atoms with Crippen molar-refractivity contribution in [2.75, 3.05) is 6.61 Å². The first kappa shape index (κ1) is 7.83. The van der Waals surface area contributed by atoms with Gasteiger partial charge in [0.15, 0.2) is 0 Å². The molecule has 0 bridgehead atoms. The molecule has 0 aromatic heterocycles. The third kappa shape index (κ3) is 5.83. The van der Waals surface area contributed by atoms with E-state index in [0.29, 0.717) is 0 Å². The number of hydrogen-bond donors (Lipinski definition) is 0. The first-order valence-corrected chi connectivity index (χ1v) is 3.22. The summed E-state index contributed by atoms with van der Waals surface area (Å²) in [7, 11) is 0. The van der Waals surface area contributed by atoms with Crippen LogP contribution in [0.2, 0.25) is 0 Å². The van der Waals surface area contributed by atoms with Crippen molar-refractivity contribution in [2.24, 2.45) is 0 Å². The van der Waals surface area contributed by atoms with Gasteiger partial charge in [-0.1, -0.05) is 24.9 Å². The van der Waals surface area contributed by atoms with E-state index < -0.39 is 0 Å². The first-order valence-electron chi connectivity index (χ1n) is 2.78. The van der Waals surface area contributed by atoms with Gasteiger partial charge in [0.05, 0.1) is 12.9 Å². The fourth-order valence-corrected chi connectivity index (χ4v) is 0.405. The van der Waals surface area contributed by atoms with E-state index in [9.17, 15) is 0 Å². The summed E-state index contributed by atoms with van der Waals surface area (Å²) in [6.07, 6.45) is 3.76. The van der Waals surface area contributed by atoms with Crippen molar-refractivity contribution in [3.8, 4) is 0 Å². The lowest BCUT2D eigenvalue weighted by Gasteiger charge is -1.94. The fraction of sp³-hybridized carbons (Fsp3) is 0.667. The van der Waals surface area contributed by atoms with Gasteiger partial charge in [-0.25, -0.2) is 0 Å². The van der Waals surface area contributed by atoms with Crippen LogP contribution in [0.25, 0.3) is 0 Å². The zero-order valence-electron chi connectivity index (χ0n) is 5.06. The van der Waals surface area contributed by atoms with E-state index in [2.05, 4.69) is 6.92 Å². The zero-order chi connectivity index (χ0) is 6.24. The second-order valence-electron chi connectivity index (χ2n) is 1.49. The topological polar surface area (TPSA) is 9.23 Å². The Morgan fingerprint density at radius 3 is 2.88 bits per heavy atom. The monoisotopic (exact) mass is 134 g/mol. The van der Waals surface area contributed by atoms with Gasteiger partial charge in [0.2, 0.25) is 0 Å². The molecule has 0 aromatic rings. The molecule has 8 heavy (non-hydrogen) atoms. The third-order valence-electron chi connectivity index (χ3n) is 0.763. The van der Waals surface area contributed by atoms with Gasteiger partial charge in [-0.15, -0.1) is 0 Å². The molecule has 0 unspecified atom stereocenters. The maximum absolute atomic E-state index is 5.17. The molecule has 0 aliphatic rings. The second kappa shape index (κ2) is 6.83. The molecule has 1 nitrogen and oxygen atoms in total. The molecular formula is C6H11ClO. The van der Waals surface area contributed by atoms with E-state index in [1.807, 2.05) is 0 Å². The molecule has 0 saturated carbocycles. The smallest absolute Gasteiger partial charge is 0.0941 e. The minimum Gasteiger partial charge on any atom is -0.500 e. The lowest BCUT2D eigenvalue weighted by molar-refractivity contribution is 0.244. The Morgan fingerprint density at radius 2 is 2.38 bits per heavy atom. The largest absolute Gasteiger partial charge is 0.500 e. The molecule has 0 fully saturated rings. The molecule has 0 rings (SSSR count). The molecule has 0 heterocycles. The maximum atomic E-state index is 5.17.